The van der Waals surface area contributed by atoms with E-state index in [2.05, 4.69) is 15.5 Å². The first-order chi connectivity index (χ1) is 8.79. The molecular weight excluding hydrogens is 234 g/mol. The van der Waals surface area contributed by atoms with E-state index >= 15 is 0 Å². The summed E-state index contributed by atoms with van der Waals surface area (Å²) in [6.07, 6.45) is 2.76. The number of hydrogen-bond acceptors (Lipinski definition) is 6. The van der Waals surface area contributed by atoms with Crippen molar-refractivity contribution in [2.24, 2.45) is 0 Å². The van der Waals surface area contributed by atoms with Crippen LogP contribution in [0, 0.1) is 0 Å². The van der Waals surface area contributed by atoms with E-state index in [1.54, 1.807) is 7.11 Å². The summed E-state index contributed by atoms with van der Waals surface area (Å²) < 4.78 is 15.6. The van der Waals surface area contributed by atoms with Gasteiger partial charge in [0.25, 0.3) is 0 Å². The molecule has 0 unspecified atom stereocenters. The number of methoxy groups -OCH3 is 1. The Balaban J connectivity index is 1.83. The first-order valence-corrected chi connectivity index (χ1v) is 6.45. The maximum Gasteiger partial charge on any atom is 0.243 e. The quantitative estimate of drug-likeness (QED) is 0.820. The number of rotatable bonds is 6. The highest BCUT2D eigenvalue weighted by atomic mass is 16.5. The standard InChI is InChI=1S/C12H21N3O3/c1-9(13-10-3-7-17-8-4-10)12-14-11(15-18-12)5-6-16-2/h9-10,13H,3-8H2,1-2H3/t9-/m0/s1. The lowest BCUT2D eigenvalue weighted by atomic mass is 10.1. The van der Waals surface area contributed by atoms with Crippen molar-refractivity contribution in [3.05, 3.63) is 11.7 Å². The Morgan fingerprint density at radius 3 is 2.94 bits per heavy atom. The van der Waals surface area contributed by atoms with Crippen molar-refractivity contribution < 1.29 is 14.0 Å². The van der Waals surface area contributed by atoms with Crippen LogP contribution in [0.15, 0.2) is 4.52 Å². The second-order valence-corrected chi connectivity index (χ2v) is 4.57. The van der Waals surface area contributed by atoms with Gasteiger partial charge in [0.15, 0.2) is 5.82 Å². The number of aromatic nitrogens is 2. The van der Waals surface area contributed by atoms with E-state index in [0.717, 1.165) is 26.1 Å². The van der Waals surface area contributed by atoms with E-state index < -0.39 is 0 Å². The minimum absolute atomic E-state index is 0.0805. The Morgan fingerprint density at radius 1 is 1.44 bits per heavy atom. The number of ether oxygens (including phenoxy) is 2. The molecule has 1 atom stereocenters. The van der Waals surface area contributed by atoms with Crippen LogP contribution in [0.4, 0.5) is 0 Å². The minimum Gasteiger partial charge on any atom is -0.384 e. The van der Waals surface area contributed by atoms with Crippen molar-refractivity contribution >= 4 is 0 Å². The molecule has 1 aliphatic heterocycles. The van der Waals surface area contributed by atoms with Crippen molar-refractivity contribution in [2.45, 2.75) is 38.3 Å². The molecule has 1 aromatic rings. The lowest BCUT2D eigenvalue weighted by Crippen LogP contribution is -2.36. The molecule has 6 heteroatoms. The van der Waals surface area contributed by atoms with Gasteiger partial charge in [-0.05, 0) is 19.8 Å². The lowest BCUT2D eigenvalue weighted by molar-refractivity contribution is 0.0742. The molecule has 0 aromatic carbocycles. The van der Waals surface area contributed by atoms with Crippen LogP contribution in [-0.2, 0) is 15.9 Å². The fraction of sp³-hybridized carbons (Fsp3) is 0.833. The molecule has 0 saturated carbocycles. The minimum atomic E-state index is 0.0805. The average Bonchev–Trinajstić information content (AvgIpc) is 2.86. The average molecular weight is 255 g/mol. The van der Waals surface area contributed by atoms with Crippen LogP contribution < -0.4 is 5.32 Å². The van der Waals surface area contributed by atoms with Gasteiger partial charge >= 0.3 is 0 Å². The van der Waals surface area contributed by atoms with Crippen molar-refractivity contribution in [2.75, 3.05) is 26.9 Å². The first-order valence-electron chi connectivity index (χ1n) is 6.45. The van der Waals surface area contributed by atoms with Crippen LogP contribution in [0.5, 0.6) is 0 Å². The van der Waals surface area contributed by atoms with Crippen LogP contribution in [-0.4, -0.2) is 43.1 Å². The normalized spacial score (nSPS) is 19.0. The topological polar surface area (TPSA) is 69.4 Å². The third kappa shape index (κ3) is 3.76. The largest absolute Gasteiger partial charge is 0.384 e. The molecule has 1 aromatic heterocycles. The molecule has 6 nitrogen and oxygen atoms in total. The van der Waals surface area contributed by atoms with Gasteiger partial charge < -0.3 is 19.3 Å². The molecule has 0 aliphatic carbocycles. The summed E-state index contributed by atoms with van der Waals surface area (Å²) in [7, 11) is 1.66. The summed E-state index contributed by atoms with van der Waals surface area (Å²) in [6, 6.07) is 0.556. The van der Waals surface area contributed by atoms with Crippen LogP contribution in [0.25, 0.3) is 0 Å². The third-order valence-electron chi connectivity index (χ3n) is 3.09. The molecule has 0 radical (unpaired) electrons. The Morgan fingerprint density at radius 2 is 2.22 bits per heavy atom. The van der Waals surface area contributed by atoms with Crippen molar-refractivity contribution in [3.63, 3.8) is 0 Å². The maximum absolute atomic E-state index is 5.33. The molecular formula is C12H21N3O3. The first kappa shape index (κ1) is 13.5. The zero-order chi connectivity index (χ0) is 12.8. The third-order valence-corrected chi connectivity index (χ3v) is 3.09. The zero-order valence-corrected chi connectivity index (χ0v) is 11.0. The molecule has 0 bridgehead atoms. The van der Waals surface area contributed by atoms with E-state index in [4.69, 9.17) is 14.0 Å². The predicted molar refractivity (Wildman–Crippen MR) is 65.3 cm³/mol. The van der Waals surface area contributed by atoms with Gasteiger partial charge in [-0.25, -0.2) is 0 Å². The summed E-state index contributed by atoms with van der Waals surface area (Å²) in [5.74, 6) is 1.35. The SMILES string of the molecule is COCCc1noc([C@H](C)NC2CCOCC2)n1. The number of nitrogens with one attached hydrogen (secondary N) is 1. The van der Waals surface area contributed by atoms with E-state index in [-0.39, 0.29) is 6.04 Å². The van der Waals surface area contributed by atoms with Gasteiger partial charge in [0.2, 0.25) is 5.89 Å². The highest BCUT2D eigenvalue weighted by molar-refractivity contribution is 4.92. The summed E-state index contributed by atoms with van der Waals surface area (Å²) in [4.78, 5) is 4.36. The summed E-state index contributed by atoms with van der Waals surface area (Å²) in [5, 5.41) is 7.43. The number of nitrogens with zero attached hydrogens (tertiary/aromatic N) is 2. The van der Waals surface area contributed by atoms with E-state index in [0.29, 0.717) is 30.8 Å². The van der Waals surface area contributed by atoms with Gasteiger partial charge in [-0.3, -0.25) is 0 Å². The highest BCUT2D eigenvalue weighted by Crippen LogP contribution is 2.15. The van der Waals surface area contributed by atoms with Crippen molar-refractivity contribution in [1.29, 1.82) is 0 Å². The highest BCUT2D eigenvalue weighted by Gasteiger charge is 2.20. The van der Waals surface area contributed by atoms with Crippen LogP contribution >= 0.6 is 0 Å². The van der Waals surface area contributed by atoms with Crippen LogP contribution in [0.1, 0.15) is 37.5 Å². The summed E-state index contributed by atoms with van der Waals surface area (Å²) in [5.41, 5.74) is 0. The molecule has 1 N–H and O–H groups in total. The van der Waals surface area contributed by atoms with Gasteiger partial charge in [-0.1, -0.05) is 5.16 Å². The monoisotopic (exact) mass is 255 g/mol. The van der Waals surface area contributed by atoms with Gasteiger partial charge in [-0.2, -0.15) is 4.98 Å². The van der Waals surface area contributed by atoms with Gasteiger partial charge in [0, 0.05) is 32.8 Å². The molecule has 0 amide bonds. The molecule has 1 saturated heterocycles. The van der Waals surface area contributed by atoms with E-state index in [1.165, 1.54) is 0 Å². The lowest BCUT2D eigenvalue weighted by Gasteiger charge is -2.25. The second kappa shape index (κ2) is 6.82. The van der Waals surface area contributed by atoms with Crippen LogP contribution in [0.2, 0.25) is 0 Å². The van der Waals surface area contributed by atoms with E-state index in [1.807, 2.05) is 6.92 Å². The Hall–Kier alpha value is -0.980. The molecule has 102 valence electrons. The fourth-order valence-corrected chi connectivity index (χ4v) is 2.03. The summed E-state index contributed by atoms with van der Waals surface area (Å²) >= 11 is 0. The number of hydrogen-bond donors (Lipinski definition) is 1. The second-order valence-electron chi connectivity index (χ2n) is 4.57. The van der Waals surface area contributed by atoms with Gasteiger partial charge in [0.05, 0.1) is 12.6 Å². The Bertz CT molecular complexity index is 350. The molecule has 0 spiro atoms. The molecule has 2 rings (SSSR count). The van der Waals surface area contributed by atoms with Gasteiger partial charge in [-0.15, -0.1) is 0 Å². The molecule has 1 aliphatic rings. The molecule has 18 heavy (non-hydrogen) atoms. The predicted octanol–water partition coefficient (Wildman–Crippen LogP) is 1.09. The zero-order valence-electron chi connectivity index (χ0n) is 11.0. The van der Waals surface area contributed by atoms with Crippen molar-refractivity contribution in [3.8, 4) is 0 Å². The maximum atomic E-state index is 5.33. The fourth-order valence-electron chi connectivity index (χ4n) is 2.03. The Kier molecular flexibility index (Phi) is 5.10. The van der Waals surface area contributed by atoms with Crippen LogP contribution in [0.3, 0.4) is 0 Å². The molecule has 1 fully saturated rings. The van der Waals surface area contributed by atoms with Crippen molar-refractivity contribution in [1.82, 2.24) is 15.5 Å². The Labute approximate surface area is 107 Å². The van der Waals surface area contributed by atoms with Gasteiger partial charge in [0.1, 0.15) is 0 Å². The smallest absolute Gasteiger partial charge is 0.243 e. The molecule has 2 heterocycles. The van der Waals surface area contributed by atoms with E-state index in [9.17, 15) is 0 Å². The summed E-state index contributed by atoms with van der Waals surface area (Å²) in [6.45, 7) is 4.31.